The topological polar surface area (TPSA) is 158 Å². The van der Waals surface area contributed by atoms with Crippen LogP contribution in [-0.4, -0.2) is 32.2 Å². The molecule has 4 aromatic carbocycles. The first-order valence-electron chi connectivity index (χ1n) is 9.41. The Balaban J connectivity index is 2.13. The zero-order chi connectivity index (χ0) is 24.0. The molecule has 5 N–H and O–H groups in total. The van der Waals surface area contributed by atoms with Crippen LogP contribution in [0.25, 0.3) is 10.8 Å². The van der Waals surface area contributed by atoms with Crippen molar-refractivity contribution in [2.24, 2.45) is 5.14 Å². The first kappa shape index (κ1) is 22.4. The van der Waals surface area contributed by atoms with Crippen LogP contribution in [0.1, 0.15) is 0 Å². The van der Waals surface area contributed by atoms with Gasteiger partial charge in [0.05, 0.1) is 21.2 Å². The molecule has 0 saturated heterocycles. The van der Waals surface area contributed by atoms with Crippen molar-refractivity contribution in [2.45, 2.75) is 9.79 Å². The molecular weight excluding hydrogens is 468 g/mol. The summed E-state index contributed by atoms with van der Waals surface area (Å²) in [6, 6.07) is 17.0. The van der Waals surface area contributed by atoms with Crippen molar-refractivity contribution in [2.75, 3.05) is 4.31 Å². The first-order valence-corrected chi connectivity index (χ1v) is 12.4. The fourth-order valence-corrected chi connectivity index (χ4v) is 5.82. The maximum absolute atomic E-state index is 14.0. The van der Waals surface area contributed by atoms with Crippen molar-refractivity contribution < 1.29 is 32.2 Å². The number of phenols is 3. The first-order chi connectivity index (χ1) is 15.5. The normalized spacial score (nSPS) is 12.0. The van der Waals surface area contributed by atoms with Crippen LogP contribution >= 0.6 is 0 Å². The van der Waals surface area contributed by atoms with Gasteiger partial charge in [-0.05, 0) is 53.9 Å². The summed E-state index contributed by atoms with van der Waals surface area (Å²) in [6.07, 6.45) is 0. The molecule has 0 atom stereocenters. The lowest BCUT2D eigenvalue weighted by atomic mass is 10.1. The number of phenolic OH excluding ortho intramolecular Hbond substituents is 3. The molecule has 0 fully saturated rings. The van der Waals surface area contributed by atoms with Gasteiger partial charge in [-0.25, -0.2) is 26.3 Å². The Labute approximate surface area is 189 Å². The molecule has 11 heteroatoms. The van der Waals surface area contributed by atoms with Gasteiger partial charge in [0, 0.05) is 5.39 Å². The van der Waals surface area contributed by atoms with Gasteiger partial charge < -0.3 is 15.3 Å². The summed E-state index contributed by atoms with van der Waals surface area (Å²) in [5.74, 6) is -1.06. The number of fused-ring (bicyclic) bond motifs is 1. The standard InChI is InChI=1S/C22H18N2O7S2/c23-32(28,29)16-11-14-9-10-15(25)12-17(14)22(13-16)33(30,31)24(18-5-1-3-7-20(18)26)19-6-2-4-8-21(19)27/h1-13,25-27H,(H2,23,28,29). The van der Waals surface area contributed by atoms with Crippen LogP contribution in [0.2, 0.25) is 0 Å². The predicted octanol–water partition coefficient (Wildman–Crippen LogP) is 3.13. The van der Waals surface area contributed by atoms with E-state index < -0.39 is 41.3 Å². The number of para-hydroxylation sites is 4. The second kappa shape index (κ2) is 7.96. The van der Waals surface area contributed by atoms with Crippen molar-refractivity contribution in [3.63, 3.8) is 0 Å². The van der Waals surface area contributed by atoms with E-state index in [2.05, 4.69) is 0 Å². The van der Waals surface area contributed by atoms with Crippen molar-refractivity contribution in [3.8, 4) is 17.2 Å². The number of nitrogens with zero attached hydrogens (tertiary/aromatic N) is 1. The lowest BCUT2D eigenvalue weighted by Crippen LogP contribution is -2.27. The Hall–Kier alpha value is -3.80. The van der Waals surface area contributed by atoms with E-state index in [1.165, 1.54) is 72.8 Å². The van der Waals surface area contributed by atoms with E-state index >= 15 is 0 Å². The van der Waals surface area contributed by atoms with Gasteiger partial charge in [0.1, 0.15) is 17.2 Å². The molecule has 4 aromatic rings. The van der Waals surface area contributed by atoms with Crippen LogP contribution in [0.5, 0.6) is 17.2 Å². The molecule has 0 amide bonds. The molecule has 9 nitrogen and oxygen atoms in total. The van der Waals surface area contributed by atoms with Crippen molar-refractivity contribution in [3.05, 3.63) is 78.9 Å². The van der Waals surface area contributed by atoms with Gasteiger partial charge in [-0.2, -0.15) is 0 Å². The quantitative estimate of drug-likeness (QED) is 0.337. The van der Waals surface area contributed by atoms with E-state index in [0.717, 1.165) is 6.07 Å². The van der Waals surface area contributed by atoms with E-state index in [1.54, 1.807) is 0 Å². The molecule has 0 aliphatic carbocycles. The Morgan fingerprint density at radius 3 is 1.76 bits per heavy atom. The van der Waals surface area contributed by atoms with E-state index in [0.29, 0.717) is 4.31 Å². The summed E-state index contributed by atoms with van der Waals surface area (Å²) in [6.45, 7) is 0. The van der Waals surface area contributed by atoms with Gasteiger partial charge in [0.15, 0.2) is 0 Å². The summed E-state index contributed by atoms with van der Waals surface area (Å²) in [5, 5.41) is 36.3. The number of hydrogen-bond acceptors (Lipinski definition) is 7. The van der Waals surface area contributed by atoms with Crippen LogP contribution < -0.4 is 9.44 Å². The average Bonchev–Trinajstić information content (AvgIpc) is 2.75. The van der Waals surface area contributed by atoms with Crippen LogP contribution in [-0.2, 0) is 20.0 Å². The smallest absolute Gasteiger partial charge is 0.269 e. The highest BCUT2D eigenvalue weighted by molar-refractivity contribution is 7.93. The summed E-state index contributed by atoms with van der Waals surface area (Å²) in [7, 11) is -9.00. The Morgan fingerprint density at radius 2 is 1.24 bits per heavy atom. The van der Waals surface area contributed by atoms with Crippen LogP contribution in [0.4, 0.5) is 11.4 Å². The molecule has 4 rings (SSSR count). The summed E-state index contributed by atoms with van der Waals surface area (Å²) in [4.78, 5) is -0.972. The molecule has 0 saturated carbocycles. The molecule has 0 aliphatic rings. The second-order valence-corrected chi connectivity index (χ2v) is 10.4. The van der Waals surface area contributed by atoms with Gasteiger partial charge in [0.25, 0.3) is 10.0 Å². The highest BCUT2D eigenvalue weighted by Crippen LogP contribution is 2.43. The van der Waals surface area contributed by atoms with E-state index in [1.807, 2.05) is 0 Å². The number of aromatic hydroxyl groups is 3. The van der Waals surface area contributed by atoms with Crippen molar-refractivity contribution >= 4 is 42.2 Å². The highest BCUT2D eigenvalue weighted by Gasteiger charge is 2.33. The minimum atomic E-state index is -4.70. The molecule has 0 unspecified atom stereocenters. The predicted molar refractivity (Wildman–Crippen MR) is 123 cm³/mol. The van der Waals surface area contributed by atoms with Gasteiger partial charge >= 0.3 is 0 Å². The van der Waals surface area contributed by atoms with Crippen LogP contribution in [0.3, 0.4) is 0 Å². The molecule has 0 aliphatic heterocycles. The molecule has 0 bridgehead atoms. The molecular formula is C22H18N2O7S2. The zero-order valence-electron chi connectivity index (χ0n) is 16.8. The number of primary sulfonamides is 1. The fourth-order valence-electron chi connectivity index (χ4n) is 3.42. The molecule has 0 radical (unpaired) electrons. The Kier molecular flexibility index (Phi) is 5.40. The number of rotatable bonds is 5. The highest BCUT2D eigenvalue weighted by atomic mass is 32.2. The van der Waals surface area contributed by atoms with Crippen LogP contribution in [0.15, 0.2) is 88.7 Å². The number of sulfonamides is 2. The number of hydrogen-bond donors (Lipinski definition) is 4. The van der Waals surface area contributed by atoms with E-state index in [9.17, 15) is 32.2 Å². The largest absolute Gasteiger partial charge is 0.508 e. The second-order valence-electron chi connectivity index (χ2n) is 7.12. The van der Waals surface area contributed by atoms with Gasteiger partial charge in [-0.15, -0.1) is 0 Å². The van der Waals surface area contributed by atoms with Gasteiger partial charge in [-0.3, -0.25) is 0 Å². The molecule has 0 heterocycles. The SMILES string of the molecule is NS(=O)(=O)c1cc(S(=O)(=O)N(c2ccccc2O)c2ccccc2O)c2cc(O)ccc2c1. The average molecular weight is 487 g/mol. The zero-order valence-corrected chi connectivity index (χ0v) is 18.5. The number of nitrogens with two attached hydrogens (primary N) is 1. The lowest BCUT2D eigenvalue weighted by Gasteiger charge is -2.26. The molecule has 0 spiro atoms. The van der Waals surface area contributed by atoms with E-state index in [4.69, 9.17) is 5.14 Å². The number of anilines is 2. The monoisotopic (exact) mass is 486 g/mol. The molecule has 0 aromatic heterocycles. The maximum Gasteiger partial charge on any atom is 0.269 e. The third kappa shape index (κ3) is 4.04. The van der Waals surface area contributed by atoms with Crippen molar-refractivity contribution in [1.82, 2.24) is 0 Å². The summed E-state index contributed by atoms with van der Waals surface area (Å²) < 4.78 is 52.9. The van der Waals surface area contributed by atoms with Gasteiger partial charge in [0.2, 0.25) is 10.0 Å². The Bertz CT molecular complexity index is 1560. The third-order valence-electron chi connectivity index (χ3n) is 4.92. The minimum absolute atomic E-state index is 0.0123. The fraction of sp³-hybridized carbons (Fsp3) is 0. The molecule has 170 valence electrons. The lowest BCUT2D eigenvalue weighted by molar-refractivity contribution is 0.472. The third-order valence-corrected chi connectivity index (χ3v) is 7.58. The van der Waals surface area contributed by atoms with Gasteiger partial charge in [-0.1, -0.05) is 30.3 Å². The Morgan fingerprint density at radius 1 is 0.697 bits per heavy atom. The number of benzene rings is 4. The summed E-state index contributed by atoms with van der Waals surface area (Å²) >= 11 is 0. The molecule has 33 heavy (non-hydrogen) atoms. The summed E-state index contributed by atoms with van der Waals surface area (Å²) in [5.41, 5.74) is -0.373. The van der Waals surface area contributed by atoms with E-state index in [-0.39, 0.29) is 27.9 Å². The van der Waals surface area contributed by atoms with Crippen molar-refractivity contribution in [1.29, 1.82) is 0 Å². The maximum atomic E-state index is 14.0. The van der Waals surface area contributed by atoms with Crippen LogP contribution in [0, 0.1) is 0 Å². The minimum Gasteiger partial charge on any atom is -0.508 e.